The molecule has 9 aromatic rings. The molecule has 0 fully saturated rings. The van der Waals surface area contributed by atoms with E-state index in [1.807, 2.05) is 11.3 Å². The third kappa shape index (κ3) is 4.80. The molecule has 2 heterocycles. The Labute approximate surface area is 303 Å². The summed E-state index contributed by atoms with van der Waals surface area (Å²) >= 11 is 1.95. The van der Waals surface area contributed by atoms with Crippen molar-refractivity contribution < 1.29 is 0 Å². The van der Waals surface area contributed by atoms with E-state index in [0.29, 0.717) is 0 Å². The minimum atomic E-state index is -1.90. The molecular formula is C48H35NSSi. The Kier molecular flexibility index (Phi) is 6.89. The average Bonchev–Trinajstić information content (AvgIpc) is 3.67. The highest BCUT2D eigenvalue weighted by Crippen LogP contribution is 2.45. The van der Waals surface area contributed by atoms with Gasteiger partial charge in [-0.05, 0) is 97.0 Å². The lowest BCUT2D eigenvalue weighted by Crippen LogP contribution is -2.49. The minimum absolute atomic E-state index is 1.14. The normalized spacial score (nSPS) is 13.1. The van der Waals surface area contributed by atoms with E-state index in [-0.39, 0.29) is 0 Å². The number of benzene rings is 8. The highest BCUT2D eigenvalue weighted by Gasteiger charge is 2.39. The van der Waals surface area contributed by atoms with Crippen molar-refractivity contribution in [2.24, 2.45) is 0 Å². The number of hydrogen-bond donors (Lipinski definition) is 0. The fourth-order valence-corrected chi connectivity index (χ4v) is 12.7. The molecule has 0 saturated heterocycles. The third-order valence-electron chi connectivity index (χ3n) is 10.9. The lowest BCUT2D eigenvalue weighted by molar-refractivity contribution is 1.29. The van der Waals surface area contributed by atoms with Gasteiger partial charge in [-0.1, -0.05) is 147 Å². The molecule has 1 nitrogen and oxygen atoms in total. The summed E-state index contributed by atoms with van der Waals surface area (Å²) in [4.78, 5) is 2.44. The number of hydrogen-bond acceptors (Lipinski definition) is 2. The molecule has 3 heteroatoms. The van der Waals surface area contributed by atoms with Crippen LogP contribution in [0.15, 0.2) is 176 Å². The topological polar surface area (TPSA) is 3.24 Å². The van der Waals surface area contributed by atoms with Gasteiger partial charge >= 0.3 is 0 Å². The molecule has 0 N–H and O–H groups in total. The molecule has 0 radical (unpaired) electrons. The van der Waals surface area contributed by atoms with Crippen molar-refractivity contribution >= 4 is 77.8 Å². The van der Waals surface area contributed by atoms with Crippen molar-refractivity contribution in [2.45, 2.75) is 13.1 Å². The first-order valence-electron chi connectivity index (χ1n) is 17.7. The molecule has 10 rings (SSSR count). The van der Waals surface area contributed by atoms with Gasteiger partial charge in [-0.25, -0.2) is 0 Å². The van der Waals surface area contributed by atoms with E-state index in [1.165, 1.54) is 75.2 Å². The van der Waals surface area contributed by atoms with Crippen LogP contribution >= 0.6 is 11.3 Å². The number of rotatable bonds is 5. The second-order valence-electron chi connectivity index (χ2n) is 14.1. The zero-order valence-electron chi connectivity index (χ0n) is 28.6. The van der Waals surface area contributed by atoms with E-state index in [9.17, 15) is 0 Å². The SMILES string of the molecule is C[Si]1(C)c2ccc(N(c3ccc(-c4cccc5ccccc45)cc3)c3cccc(-c4ccccc4)c3)cc2-c2c1ccc1c2sc2ccccc21. The van der Waals surface area contributed by atoms with E-state index < -0.39 is 8.07 Å². The highest BCUT2D eigenvalue weighted by molar-refractivity contribution is 7.26. The Morgan fingerprint density at radius 2 is 1.10 bits per heavy atom. The van der Waals surface area contributed by atoms with Gasteiger partial charge in [0.15, 0.2) is 0 Å². The molecule has 0 aliphatic carbocycles. The van der Waals surface area contributed by atoms with Crippen molar-refractivity contribution in [3.63, 3.8) is 0 Å². The summed E-state index contributed by atoms with van der Waals surface area (Å²) in [6.07, 6.45) is 0. The molecule has 8 aromatic carbocycles. The predicted molar refractivity (Wildman–Crippen MR) is 225 cm³/mol. The number of anilines is 3. The van der Waals surface area contributed by atoms with E-state index in [2.05, 4.69) is 194 Å². The van der Waals surface area contributed by atoms with Crippen molar-refractivity contribution in [2.75, 3.05) is 4.90 Å². The van der Waals surface area contributed by atoms with Crippen molar-refractivity contribution in [3.05, 3.63) is 176 Å². The van der Waals surface area contributed by atoms with Crippen LogP contribution in [0.25, 0.3) is 64.3 Å². The Bertz CT molecular complexity index is 2770. The van der Waals surface area contributed by atoms with Crippen LogP contribution in [0.3, 0.4) is 0 Å². The average molecular weight is 686 g/mol. The first kappa shape index (κ1) is 30.1. The molecule has 0 amide bonds. The van der Waals surface area contributed by atoms with Gasteiger partial charge in [-0.15, -0.1) is 11.3 Å². The second-order valence-corrected chi connectivity index (χ2v) is 19.5. The van der Waals surface area contributed by atoms with Crippen molar-refractivity contribution in [1.82, 2.24) is 0 Å². The van der Waals surface area contributed by atoms with Gasteiger partial charge in [0.1, 0.15) is 8.07 Å². The van der Waals surface area contributed by atoms with Gasteiger partial charge in [0.05, 0.1) is 0 Å². The molecule has 242 valence electrons. The smallest absolute Gasteiger partial charge is 0.113 e. The quantitative estimate of drug-likeness (QED) is 0.163. The van der Waals surface area contributed by atoms with Gasteiger partial charge in [-0.2, -0.15) is 0 Å². The highest BCUT2D eigenvalue weighted by atomic mass is 32.1. The fourth-order valence-electron chi connectivity index (χ4n) is 8.31. The number of thiophene rings is 1. The zero-order chi connectivity index (χ0) is 34.1. The van der Waals surface area contributed by atoms with Crippen LogP contribution in [0.1, 0.15) is 0 Å². The summed E-state index contributed by atoms with van der Waals surface area (Å²) < 4.78 is 2.78. The summed E-state index contributed by atoms with van der Waals surface area (Å²) in [5.74, 6) is 0. The van der Waals surface area contributed by atoms with Crippen LogP contribution in [-0.4, -0.2) is 8.07 Å². The lowest BCUT2D eigenvalue weighted by atomic mass is 9.98. The molecule has 1 aliphatic rings. The van der Waals surface area contributed by atoms with E-state index in [0.717, 1.165) is 11.4 Å². The monoisotopic (exact) mass is 685 g/mol. The summed E-state index contributed by atoms with van der Waals surface area (Å²) in [7, 11) is -1.90. The standard InChI is InChI=1S/C48H35NSSi/c1-51(2)45-28-26-38(31-43(45)47-46(51)29-27-42-41-19-8-9-21-44(41)50-48(42)47)49(37-17-10-16-35(30-37)32-12-4-3-5-13-32)36-24-22-34(23-25-36)40-20-11-15-33-14-6-7-18-39(33)40/h3-31H,1-2H3. The van der Waals surface area contributed by atoms with Crippen molar-refractivity contribution in [1.29, 1.82) is 0 Å². The molecule has 1 aliphatic heterocycles. The molecule has 0 bridgehead atoms. The fraction of sp³-hybridized carbons (Fsp3) is 0.0417. The first-order chi connectivity index (χ1) is 25.0. The van der Waals surface area contributed by atoms with Crippen molar-refractivity contribution in [3.8, 4) is 33.4 Å². The molecule has 0 unspecified atom stereocenters. The Morgan fingerprint density at radius 1 is 0.431 bits per heavy atom. The van der Waals surface area contributed by atoms with Crippen LogP contribution in [-0.2, 0) is 0 Å². The number of nitrogens with zero attached hydrogens (tertiary/aromatic N) is 1. The molecular weight excluding hydrogens is 651 g/mol. The second kappa shape index (κ2) is 11.7. The maximum atomic E-state index is 2.52. The van der Waals surface area contributed by atoms with E-state index in [1.54, 1.807) is 5.19 Å². The van der Waals surface area contributed by atoms with Crippen LogP contribution in [0.4, 0.5) is 17.1 Å². The Hall–Kier alpha value is -5.74. The van der Waals surface area contributed by atoms with Gasteiger partial charge in [0.25, 0.3) is 0 Å². The minimum Gasteiger partial charge on any atom is -0.310 e. The van der Waals surface area contributed by atoms with Crippen LogP contribution < -0.4 is 15.3 Å². The molecule has 1 aromatic heterocycles. The largest absolute Gasteiger partial charge is 0.310 e. The van der Waals surface area contributed by atoms with Crippen LogP contribution in [0.2, 0.25) is 13.1 Å². The van der Waals surface area contributed by atoms with Gasteiger partial charge < -0.3 is 4.90 Å². The van der Waals surface area contributed by atoms with E-state index >= 15 is 0 Å². The summed E-state index contributed by atoms with van der Waals surface area (Å²) in [5, 5.41) is 8.33. The van der Waals surface area contributed by atoms with E-state index in [4.69, 9.17) is 0 Å². The maximum Gasteiger partial charge on any atom is 0.113 e. The number of fused-ring (bicyclic) bond motifs is 8. The summed E-state index contributed by atoms with van der Waals surface area (Å²) in [5.41, 5.74) is 11.2. The Balaban J connectivity index is 1.16. The molecule has 0 spiro atoms. The predicted octanol–water partition coefficient (Wildman–Crippen LogP) is 12.8. The van der Waals surface area contributed by atoms with Gasteiger partial charge in [0.2, 0.25) is 0 Å². The third-order valence-corrected chi connectivity index (χ3v) is 15.6. The van der Waals surface area contributed by atoms with Crippen LogP contribution in [0, 0.1) is 0 Å². The Morgan fingerprint density at radius 3 is 1.96 bits per heavy atom. The van der Waals surface area contributed by atoms with Crippen LogP contribution in [0.5, 0.6) is 0 Å². The summed E-state index contributed by atoms with van der Waals surface area (Å²) in [6.45, 7) is 5.03. The van der Waals surface area contributed by atoms with Gasteiger partial charge in [-0.3, -0.25) is 0 Å². The molecule has 51 heavy (non-hydrogen) atoms. The first-order valence-corrected chi connectivity index (χ1v) is 21.5. The molecule has 0 atom stereocenters. The maximum absolute atomic E-state index is 2.52. The summed E-state index contributed by atoms with van der Waals surface area (Å²) in [6, 6.07) is 65.0. The lowest BCUT2D eigenvalue weighted by Gasteiger charge is -2.27. The zero-order valence-corrected chi connectivity index (χ0v) is 30.4. The van der Waals surface area contributed by atoms with Gasteiger partial charge in [0, 0.05) is 37.2 Å². The molecule has 0 saturated carbocycles.